The molecule has 0 atom stereocenters. The van der Waals surface area contributed by atoms with Crippen LogP contribution in [0.5, 0.6) is 0 Å². The van der Waals surface area contributed by atoms with Crippen LogP contribution in [0.4, 0.5) is 0 Å². The molecule has 0 aromatic carbocycles. The highest BCUT2D eigenvalue weighted by Crippen LogP contribution is 1.21. The summed E-state index contributed by atoms with van der Waals surface area (Å²) in [6.07, 6.45) is 1.49. The highest BCUT2D eigenvalue weighted by Gasteiger charge is 1.54. The van der Waals surface area contributed by atoms with Gasteiger partial charge in [-0.3, -0.25) is 0 Å². The van der Waals surface area contributed by atoms with Crippen molar-refractivity contribution in [3.8, 4) is 6.07 Å². The first kappa shape index (κ1) is 9.10. The normalized spacial score (nSPS) is 3.50. The molecule has 0 aliphatic carbocycles. The van der Waals surface area contributed by atoms with Crippen LogP contribution in [0.25, 0.3) is 0 Å². The van der Waals surface area contributed by atoms with Crippen molar-refractivity contribution in [2.24, 2.45) is 0 Å². The zero-order valence-electron chi connectivity index (χ0n) is 3.76. The Morgan fingerprint density at radius 2 is 1.83 bits per heavy atom. The van der Waals surface area contributed by atoms with Crippen molar-refractivity contribution in [2.75, 3.05) is 6.26 Å². The molecule has 0 aromatic rings. The van der Waals surface area contributed by atoms with Gasteiger partial charge in [0.25, 0.3) is 0 Å². The molecule has 0 saturated heterocycles. The standard InChI is InChI=1S/C2H3N.CH3OS/c1-2-3;1-3-2/h2*1H3/q;+1. The van der Waals surface area contributed by atoms with E-state index in [2.05, 4.69) is 0 Å². The van der Waals surface area contributed by atoms with E-state index < -0.39 is 0 Å². The maximum absolute atomic E-state index is 8.85. The van der Waals surface area contributed by atoms with E-state index in [1.165, 1.54) is 13.2 Å². The second-order valence-electron chi connectivity index (χ2n) is 0.390. The molecule has 0 radical (unpaired) electrons. The lowest BCUT2D eigenvalue weighted by Gasteiger charge is -1.15. The van der Waals surface area contributed by atoms with Crippen LogP contribution in [0.15, 0.2) is 0 Å². The van der Waals surface area contributed by atoms with E-state index in [1.807, 2.05) is 0 Å². The van der Waals surface area contributed by atoms with Crippen molar-refractivity contribution >= 4 is 11.7 Å². The third kappa shape index (κ3) is 92.1. The molecule has 0 bridgehead atoms. The summed E-state index contributed by atoms with van der Waals surface area (Å²) in [6, 6.07) is 1.75. The Hall–Kier alpha value is -0.490. The van der Waals surface area contributed by atoms with Crippen molar-refractivity contribution in [2.45, 2.75) is 6.92 Å². The summed E-state index contributed by atoms with van der Waals surface area (Å²) in [5.74, 6) is 0. The van der Waals surface area contributed by atoms with Gasteiger partial charge in [-0.1, -0.05) is 0 Å². The minimum atomic E-state index is 0.500. The van der Waals surface area contributed by atoms with Gasteiger partial charge in [-0.2, -0.15) is 5.26 Å². The molecule has 34 valence electrons. The lowest BCUT2D eigenvalue weighted by molar-refractivity contribution is 0.607. The quantitative estimate of drug-likeness (QED) is 0.422. The molecule has 0 fully saturated rings. The summed E-state index contributed by atoms with van der Waals surface area (Å²) < 4.78 is 8.85. The summed E-state index contributed by atoms with van der Waals surface area (Å²) >= 11 is 0.500. The largest absolute Gasteiger partial charge is 0.455 e. The molecule has 0 amide bonds. The third-order valence-electron chi connectivity index (χ3n) is 0. The van der Waals surface area contributed by atoms with E-state index in [-0.39, 0.29) is 0 Å². The molecule has 0 aliphatic rings. The van der Waals surface area contributed by atoms with Crippen molar-refractivity contribution in [1.82, 2.24) is 0 Å². The molecule has 0 rings (SSSR count). The number of hydrogen-bond acceptors (Lipinski definition) is 2. The van der Waals surface area contributed by atoms with Crippen LogP contribution in [0.3, 0.4) is 0 Å². The Morgan fingerprint density at radius 3 is 1.83 bits per heavy atom. The van der Waals surface area contributed by atoms with Crippen LogP contribution in [0, 0.1) is 11.3 Å². The lowest BCUT2D eigenvalue weighted by Crippen LogP contribution is -1.32. The molecule has 0 heterocycles. The summed E-state index contributed by atoms with van der Waals surface area (Å²) in [6.45, 7) is 1.43. The van der Waals surface area contributed by atoms with Crippen LogP contribution in [0.2, 0.25) is 0 Å². The SMILES string of the molecule is CC#N.C[S+]=O. The fourth-order valence-corrected chi connectivity index (χ4v) is 0. The first-order valence-electron chi connectivity index (χ1n) is 1.30. The average Bonchev–Trinajstić information content (AvgIpc) is 1.39. The Morgan fingerprint density at radius 1 is 1.83 bits per heavy atom. The number of rotatable bonds is 0. The first-order valence-corrected chi connectivity index (χ1v) is 2.45. The summed E-state index contributed by atoms with van der Waals surface area (Å²) in [7, 11) is 0. The van der Waals surface area contributed by atoms with Gasteiger partial charge in [0.1, 0.15) is 0 Å². The van der Waals surface area contributed by atoms with Crippen molar-refractivity contribution < 1.29 is 4.21 Å². The van der Waals surface area contributed by atoms with Crippen LogP contribution >= 0.6 is 0 Å². The molecule has 0 aliphatic heterocycles. The molecule has 3 heteroatoms. The van der Waals surface area contributed by atoms with E-state index in [0.29, 0.717) is 11.7 Å². The highest BCUT2D eigenvalue weighted by molar-refractivity contribution is 7.64. The van der Waals surface area contributed by atoms with Gasteiger partial charge in [-0.05, 0) is 0 Å². The molecular weight excluding hydrogens is 98.1 g/mol. The van der Waals surface area contributed by atoms with Crippen LogP contribution in [-0.4, -0.2) is 6.26 Å². The summed E-state index contributed by atoms with van der Waals surface area (Å²) in [4.78, 5) is 0. The first-order chi connectivity index (χ1) is 2.83. The highest BCUT2D eigenvalue weighted by atomic mass is 32.1. The van der Waals surface area contributed by atoms with Gasteiger partial charge in [0.2, 0.25) is 6.26 Å². The Bertz CT molecular complexity index is 56.3. The van der Waals surface area contributed by atoms with Crippen LogP contribution in [0.1, 0.15) is 6.92 Å². The van der Waals surface area contributed by atoms with E-state index in [9.17, 15) is 0 Å². The average molecular weight is 104 g/mol. The minimum absolute atomic E-state index is 0.500. The molecule has 2 nitrogen and oxygen atoms in total. The topological polar surface area (TPSA) is 40.9 Å². The molecule has 0 unspecified atom stereocenters. The molecular formula is C3H6NOS+. The molecule has 6 heavy (non-hydrogen) atoms. The number of hydrogen-bond donors (Lipinski definition) is 0. The van der Waals surface area contributed by atoms with Gasteiger partial charge < -0.3 is 0 Å². The molecule has 0 aromatic heterocycles. The van der Waals surface area contributed by atoms with Gasteiger partial charge >= 0.3 is 11.7 Å². The maximum atomic E-state index is 8.85. The predicted octanol–water partition coefficient (Wildman–Crippen LogP) is 0.574. The van der Waals surface area contributed by atoms with Crippen molar-refractivity contribution in [3.63, 3.8) is 0 Å². The minimum Gasteiger partial charge on any atom is -0.199 e. The van der Waals surface area contributed by atoms with Crippen LogP contribution < -0.4 is 0 Å². The van der Waals surface area contributed by atoms with E-state index in [0.717, 1.165) is 0 Å². The van der Waals surface area contributed by atoms with Crippen molar-refractivity contribution in [1.29, 1.82) is 5.26 Å². The van der Waals surface area contributed by atoms with Gasteiger partial charge in [-0.25, -0.2) is 0 Å². The van der Waals surface area contributed by atoms with Gasteiger partial charge in [0, 0.05) is 11.1 Å². The van der Waals surface area contributed by atoms with Gasteiger partial charge in [0.15, 0.2) is 0 Å². The Kier molecular flexibility index (Phi) is 36.9. The number of nitrogens with zero attached hydrogens (tertiary/aromatic N) is 1. The zero-order valence-corrected chi connectivity index (χ0v) is 4.58. The number of nitriles is 1. The second-order valence-corrected chi connectivity index (χ2v) is 0.724. The maximum Gasteiger partial charge on any atom is 0.455 e. The summed E-state index contributed by atoms with van der Waals surface area (Å²) in [5.41, 5.74) is 0. The Labute approximate surface area is 41.3 Å². The van der Waals surface area contributed by atoms with Gasteiger partial charge in [-0.15, -0.1) is 0 Å². The second kappa shape index (κ2) is 24.4. The third-order valence-corrected chi connectivity index (χ3v) is 0. The summed E-state index contributed by atoms with van der Waals surface area (Å²) in [5, 5.41) is 7.32. The monoisotopic (exact) mass is 104 g/mol. The van der Waals surface area contributed by atoms with Gasteiger partial charge in [0.05, 0.1) is 6.07 Å². The molecule has 0 saturated carbocycles. The van der Waals surface area contributed by atoms with E-state index in [1.54, 1.807) is 6.07 Å². The fourth-order valence-electron chi connectivity index (χ4n) is 0. The fraction of sp³-hybridized carbons (Fsp3) is 0.667. The lowest BCUT2D eigenvalue weighted by atomic mass is 11.0. The van der Waals surface area contributed by atoms with E-state index in [4.69, 9.17) is 9.47 Å². The molecule has 0 N–H and O–H groups in total. The van der Waals surface area contributed by atoms with Crippen molar-refractivity contribution in [3.05, 3.63) is 0 Å². The zero-order chi connectivity index (χ0) is 5.41. The Balaban J connectivity index is 0. The molecule has 0 spiro atoms. The van der Waals surface area contributed by atoms with Crippen LogP contribution in [-0.2, 0) is 15.9 Å². The smallest absolute Gasteiger partial charge is 0.199 e. The van der Waals surface area contributed by atoms with E-state index >= 15 is 0 Å². The predicted molar refractivity (Wildman–Crippen MR) is 25.3 cm³/mol.